The summed E-state index contributed by atoms with van der Waals surface area (Å²) in [7, 11) is -0.863. The van der Waals surface area contributed by atoms with E-state index in [1.807, 2.05) is 0 Å². The van der Waals surface area contributed by atoms with Crippen LogP contribution in [0.25, 0.3) is 0 Å². The molecule has 0 saturated heterocycles. The molecule has 0 fully saturated rings. The van der Waals surface area contributed by atoms with E-state index in [0.717, 1.165) is 0 Å². The Morgan fingerprint density at radius 1 is 1.03 bits per heavy atom. The van der Waals surface area contributed by atoms with Crippen LogP contribution in [0.2, 0.25) is 10.0 Å². The monoisotopic (exact) mass is 492 g/mol. The van der Waals surface area contributed by atoms with Crippen molar-refractivity contribution in [3.63, 3.8) is 0 Å². The van der Waals surface area contributed by atoms with Gasteiger partial charge >= 0.3 is 0 Å². The van der Waals surface area contributed by atoms with Crippen molar-refractivity contribution in [2.24, 2.45) is 0 Å². The van der Waals surface area contributed by atoms with Crippen LogP contribution >= 0.6 is 23.2 Å². The minimum absolute atomic E-state index is 0.138. The number of ether oxygens (including phenoxy) is 1. The summed E-state index contributed by atoms with van der Waals surface area (Å²) in [5, 5.41) is 3.46. The predicted octanol–water partition coefficient (Wildman–Crippen LogP) is 5.39. The van der Waals surface area contributed by atoms with Crippen LogP contribution in [-0.4, -0.2) is 32.8 Å². The van der Waals surface area contributed by atoms with Crippen molar-refractivity contribution in [2.75, 3.05) is 19.5 Å². The zero-order valence-electron chi connectivity index (χ0n) is 17.5. The lowest BCUT2D eigenvalue weighted by molar-refractivity contribution is -0.117. The fraction of sp³-hybridized carbons (Fsp3) is 0.174. The number of hydrogen-bond donors (Lipinski definition) is 1. The molecule has 0 aromatic heterocycles. The highest BCUT2D eigenvalue weighted by atomic mass is 35.5. The van der Waals surface area contributed by atoms with E-state index in [0.29, 0.717) is 27.0 Å². The number of amides is 1. The fourth-order valence-electron chi connectivity index (χ4n) is 3.18. The Kier molecular flexibility index (Phi) is 7.79. The van der Waals surface area contributed by atoms with Gasteiger partial charge in [-0.25, -0.2) is 8.42 Å². The Bertz CT molecular complexity index is 1190. The van der Waals surface area contributed by atoms with Gasteiger partial charge in [-0.1, -0.05) is 53.5 Å². The summed E-state index contributed by atoms with van der Waals surface area (Å²) in [6.45, 7) is 0. The lowest BCUT2D eigenvalue weighted by Crippen LogP contribution is -2.33. The number of methoxy groups -OCH3 is 1. The summed E-state index contributed by atoms with van der Waals surface area (Å²) in [5.41, 5.74) is 0.992. The van der Waals surface area contributed by atoms with Gasteiger partial charge in [0, 0.05) is 18.5 Å². The summed E-state index contributed by atoms with van der Waals surface area (Å²) in [6.07, 6.45) is -0.141. The maximum atomic E-state index is 13.2. The number of carbonyl (C=O) groups is 1. The number of rotatable bonds is 8. The van der Waals surface area contributed by atoms with Gasteiger partial charge in [0.05, 0.1) is 28.8 Å². The SMILES string of the molecule is COc1ccc([C@@H](CC(=O)Nc2cc(Cl)ccc2Cl)N(C)S(=O)(=O)c2ccccc2)cc1. The van der Waals surface area contributed by atoms with Crippen LogP contribution in [0.15, 0.2) is 77.7 Å². The van der Waals surface area contributed by atoms with Gasteiger partial charge in [0.1, 0.15) is 5.75 Å². The number of benzene rings is 3. The largest absolute Gasteiger partial charge is 0.497 e. The molecule has 0 bridgehead atoms. The first kappa shape index (κ1) is 24.1. The molecule has 3 rings (SSSR count). The van der Waals surface area contributed by atoms with Crippen LogP contribution < -0.4 is 10.1 Å². The molecule has 3 aromatic rings. The van der Waals surface area contributed by atoms with Gasteiger partial charge in [-0.3, -0.25) is 4.79 Å². The smallest absolute Gasteiger partial charge is 0.243 e. The van der Waals surface area contributed by atoms with E-state index in [4.69, 9.17) is 27.9 Å². The van der Waals surface area contributed by atoms with Gasteiger partial charge in [-0.2, -0.15) is 4.31 Å². The van der Waals surface area contributed by atoms with Crippen molar-refractivity contribution < 1.29 is 17.9 Å². The van der Waals surface area contributed by atoms with Crippen LogP contribution in [0.4, 0.5) is 5.69 Å². The molecule has 168 valence electrons. The van der Waals surface area contributed by atoms with Crippen molar-refractivity contribution in [1.29, 1.82) is 0 Å². The second kappa shape index (κ2) is 10.4. The molecule has 9 heteroatoms. The first-order valence-corrected chi connectivity index (χ1v) is 11.8. The Morgan fingerprint density at radius 3 is 2.31 bits per heavy atom. The highest BCUT2D eigenvalue weighted by Gasteiger charge is 2.31. The van der Waals surface area contributed by atoms with E-state index in [1.54, 1.807) is 61.7 Å². The standard InChI is InChI=1S/C23H22Cl2N2O4S/c1-27(32(29,30)19-6-4-3-5-7-19)22(16-8-11-18(31-2)12-9-16)15-23(28)26-21-14-17(24)10-13-20(21)25/h3-14,22H,15H2,1-2H3,(H,26,28)/t22-/m1/s1. The average molecular weight is 493 g/mol. The Hall–Kier alpha value is -2.58. The Morgan fingerprint density at radius 2 is 1.69 bits per heavy atom. The van der Waals surface area contributed by atoms with Crippen molar-refractivity contribution in [2.45, 2.75) is 17.4 Å². The van der Waals surface area contributed by atoms with Crippen molar-refractivity contribution in [3.8, 4) is 5.75 Å². The third kappa shape index (κ3) is 5.61. The topological polar surface area (TPSA) is 75.7 Å². The van der Waals surface area contributed by atoms with Crippen LogP contribution in [0.1, 0.15) is 18.0 Å². The highest BCUT2D eigenvalue weighted by molar-refractivity contribution is 7.89. The molecular formula is C23H22Cl2N2O4S. The summed E-state index contributed by atoms with van der Waals surface area (Å²) >= 11 is 12.1. The number of nitrogens with one attached hydrogen (secondary N) is 1. The number of anilines is 1. The molecule has 0 aliphatic carbocycles. The number of halogens is 2. The minimum Gasteiger partial charge on any atom is -0.497 e. The van der Waals surface area contributed by atoms with E-state index in [2.05, 4.69) is 5.32 Å². The normalized spacial score (nSPS) is 12.4. The Balaban J connectivity index is 1.93. The molecule has 0 unspecified atom stereocenters. The number of hydrogen-bond acceptors (Lipinski definition) is 4. The lowest BCUT2D eigenvalue weighted by Gasteiger charge is -2.28. The Labute approximate surface area is 197 Å². The van der Waals surface area contributed by atoms with Gasteiger partial charge in [-0.15, -0.1) is 0 Å². The van der Waals surface area contributed by atoms with Gasteiger partial charge in [0.15, 0.2) is 0 Å². The van der Waals surface area contributed by atoms with Crippen LogP contribution in [0.5, 0.6) is 5.75 Å². The number of sulfonamides is 1. The minimum atomic E-state index is -3.86. The number of carbonyl (C=O) groups excluding carboxylic acids is 1. The van der Waals surface area contributed by atoms with Gasteiger partial charge in [-0.05, 0) is 48.0 Å². The molecule has 3 aromatic carbocycles. The molecule has 0 radical (unpaired) electrons. The highest BCUT2D eigenvalue weighted by Crippen LogP contribution is 2.31. The van der Waals surface area contributed by atoms with Crippen molar-refractivity contribution in [3.05, 3.63) is 88.4 Å². The van der Waals surface area contributed by atoms with E-state index in [-0.39, 0.29) is 11.3 Å². The molecule has 0 heterocycles. The second-order valence-corrected chi connectivity index (χ2v) is 9.84. The summed E-state index contributed by atoms with van der Waals surface area (Å²) in [5.74, 6) is 0.210. The molecule has 32 heavy (non-hydrogen) atoms. The molecular weight excluding hydrogens is 471 g/mol. The molecule has 1 atom stereocenters. The van der Waals surface area contributed by atoms with E-state index in [9.17, 15) is 13.2 Å². The van der Waals surface area contributed by atoms with E-state index >= 15 is 0 Å². The zero-order chi connectivity index (χ0) is 23.3. The lowest BCUT2D eigenvalue weighted by atomic mass is 10.0. The molecule has 0 spiro atoms. The predicted molar refractivity (Wildman–Crippen MR) is 127 cm³/mol. The zero-order valence-corrected chi connectivity index (χ0v) is 19.8. The maximum absolute atomic E-state index is 13.2. The van der Waals surface area contributed by atoms with Crippen LogP contribution in [0.3, 0.4) is 0 Å². The van der Waals surface area contributed by atoms with Crippen LogP contribution in [0, 0.1) is 0 Å². The van der Waals surface area contributed by atoms with E-state index in [1.165, 1.54) is 29.6 Å². The second-order valence-electron chi connectivity index (χ2n) is 7.00. The molecule has 0 aliphatic rings. The molecule has 6 nitrogen and oxygen atoms in total. The molecule has 0 aliphatic heterocycles. The van der Waals surface area contributed by atoms with E-state index < -0.39 is 22.0 Å². The summed E-state index contributed by atoms with van der Waals surface area (Å²) in [4.78, 5) is 13.0. The third-order valence-electron chi connectivity index (χ3n) is 4.94. The molecule has 1 amide bonds. The average Bonchev–Trinajstić information content (AvgIpc) is 2.80. The van der Waals surface area contributed by atoms with Gasteiger partial charge < -0.3 is 10.1 Å². The third-order valence-corrected chi connectivity index (χ3v) is 7.39. The first-order valence-electron chi connectivity index (χ1n) is 9.64. The number of nitrogens with zero attached hydrogens (tertiary/aromatic N) is 1. The molecule has 0 saturated carbocycles. The van der Waals surface area contributed by atoms with Crippen LogP contribution in [-0.2, 0) is 14.8 Å². The first-order chi connectivity index (χ1) is 15.2. The quantitative estimate of drug-likeness (QED) is 0.457. The summed E-state index contributed by atoms with van der Waals surface area (Å²) < 4.78 is 32.9. The van der Waals surface area contributed by atoms with Gasteiger partial charge in [0.25, 0.3) is 0 Å². The van der Waals surface area contributed by atoms with Gasteiger partial charge in [0.2, 0.25) is 15.9 Å². The maximum Gasteiger partial charge on any atom is 0.243 e. The van der Waals surface area contributed by atoms with Crippen molar-refractivity contribution in [1.82, 2.24) is 4.31 Å². The summed E-state index contributed by atoms with van der Waals surface area (Å²) in [6, 6.07) is 18.9. The van der Waals surface area contributed by atoms with Crippen molar-refractivity contribution >= 4 is 44.8 Å². The fourth-order valence-corrected chi connectivity index (χ4v) is 4.88. The molecule has 1 N–H and O–H groups in total.